The van der Waals surface area contributed by atoms with Crippen LogP contribution in [0.2, 0.25) is 0 Å². The molecule has 2 N–H and O–H groups in total. The maximum Gasteiger partial charge on any atom is 0.233 e. The first-order valence-corrected chi connectivity index (χ1v) is 4.93. The highest BCUT2D eigenvalue weighted by molar-refractivity contribution is 5.77. The molecule has 0 aliphatic carbocycles. The summed E-state index contributed by atoms with van der Waals surface area (Å²) < 4.78 is 0. The van der Waals surface area contributed by atoms with E-state index >= 15 is 0 Å². The zero-order chi connectivity index (χ0) is 10.3. The van der Waals surface area contributed by atoms with Gasteiger partial charge in [0.25, 0.3) is 0 Å². The van der Waals surface area contributed by atoms with E-state index < -0.39 is 0 Å². The fourth-order valence-corrected chi connectivity index (χ4v) is 1.33. The fourth-order valence-electron chi connectivity index (χ4n) is 1.33. The molecule has 0 unspecified atom stereocenters. The molecule has 3 nitrogen and oxygen atoms in total. The van der Waals surface area contributed by atoms with Gasteiger partial charge in [0.2, 0.25) is 5.91 Å². The Kier molecular flexibility index (Phi) is 5.71. The molecule has 0 aromatic rings. The zero-order valence-electron chi connectivity index (χ0n) is 9.24. The van der Waals surface area contributed by atoms with Gasteiger partial charge in [0.15, 0.2) is 0 Å². The molecule has 13 heavy (non-hydrogen) atoms. The highest BCUT2D eigenvalue weighted by atomic mass is 16.1. The zero-order valence-corrected chi connectivity index (χ0v) is 9.24. The average molecular weight is 186 g/mol. The quantitative estimate of drug-likeness (QED) is 0.653. The Bertz CT molecular complexity index is 155. The Morgan fingerprint density at radius 2 is 2.00 bits per heavy atom. The molecule has 3 heteroatoms. The standard InChI is InChI=1S/C10H22N2O/c1-5-6-10(2,3)8-12-9(13)7-11-4/h11H,5-8H2,1-4H3,(H,12,13). The molecule has 78 valence electrons. The van der Waals surface area contributed by atoms with Crippen molar-refractivity contribution in [3.63, 3.8) is 0 Å². The Balaban J connectivity index is 3.67. The van der Waals surface area contributed by atoms with Crippen LogP contribution in [0.4, 0.5) is 0 Å². The first kappa shape index (κ1) is 12.4. The molecule has 0 atom stereocenters. The normalized spacial score (nSPS) is 11.4. The minimum absolute atomic E-state index is 0.0756. The van der Waals surface area contributed by atoms with E-state index in [0.29, 0.717) is 6.54 Å². The molecule has 0 aromatic heterocycles. The summed E-state index contributed by atoms with van der Waals surface area (Å²) in [4.78, 5) is 11.1. The van der Waals surface area contributed by atoms with E-state index in [9.17, 15) is 4.79 Å². The van der Waals surface area contributed by atoms with E-state index in [1.165, 1.54) is 0 Å². The molecule has 0 heterocycles. The van der Waals surface area contributed by atoms with Gasteiger partial charge in [-0.05, 0) is 18.9 Å². The van der Waals surface area contributed by atoms with Crippen molar-refractivity contribution in [3.05, 3.63) is 0 Å². The van der Waals surface area contributed by atoms with Crippen LogP contribution in [0.25, 0.3) is 0 Å². The third-order valence-corrected chi connectivity index (χ3v) is 2.03. The number of rotatable bonds is 6. The maximum atomic E-state index is 11.1. The molecule has 0 aromatic carbocycles. The van der Waals surface area contributed by atoms with Crippen LogP contribution in [0.3, 0.4) is 0 Å². The van der Waals surface area contributed by atoms with Crippen molar-refractivity contribution in [3.8, 4) is 0 Å². The molecule has 0 spiro atoms. The Morgan fingerprint density at radius 1 is 1.38 bits per heavy atom. The monoisotopic (exact) mass is 186 g/mol. The van der Waals surface area contributed by atoms with Gasteiger partial charge in [0.1, 0.15) is 0 Å². The van der Waals surface area contributed by atoms with Gasteiger partial charge in [-0.2, -0.15) is 0 Å². The van der Waals surface area contributed by atoms with Gasteiger partial charge >= 0.3 is 0 Å². The third kappa shape index (κ3) is 6.58. The molecule has 0 aliphatic heterocycles. The number of nitrogens with one attached hydrogen (secondary N) is 2. The van der Waals surface area contributed by atoms with Crippen LogP contribution in [-0.2, 0) is 4.79 Å². The van der Waals surface area contributed by atoms with Crippen LogP contribution in [0.1, 0.15) is 33.6 Å². The summed E-state index contributed by atoms with van der Waals surface area (Å²) in [7, 11) is 1.77. The summed E-state index contributed by atoms with van der Waals surface area (Å²) in [5, 5.41) is 5.73. The number of carbonyl (C=O) groups is 1. The highest BCUT2D eigenvalue weighted by Gasteiger charge is 2.16. The van der Waals surface area contributed by atoms with Crippen molar-refractivity contribution in [1.29, 1.82) is 0 Å². The number of hydrogen-bond donors (Lipinski definition) is 2. The van der Waals surface area contributed by atoms with Gasteiger partial charge < -0.3 is 10.6 Å². The first-order chi connectivity index (χ1) is 6.02. The molecular formula is C10H22N2O. The van der Waals surface area contributed by atoms with E-state index in [0.717, 1.165) is 19.4 Å². The van der Waals surface area contributed by atoms with Crippen LogP contribution in [0.5, 0.6) is 0 Å². The predicted molar refractivity (Wildman–Crippen MR) is 55.6 cm³/mol. The molecule has 0 bridgehead atoms. The molecule has 0 saturated heterocycles. The molecule has 0 rings (SSSR count). The largest absolute Gasteiger partial charge is 0.354 e. The molecular weight excluding hydrogens is 164 g/mol. The third-order valence-electron chi connectivity index (χ3n) is 2.03. The van der Waals surface area contributed by atoms with Crippen molar-refractivity contribution in [1.82, 2.24) is 10.6 Å². The second-order valence-electron chi connectivity index (χ2n) is 4.22. The van der Waals surface area contributed by atoms with E-state index in [1.807, 2.05) is 0 Å². The number of hydrogen-bond acceptors (Lipinski definition) is 2. The summed E-state index contributed by atoms with van der Waals surface area (Å²) in [6.45, 7) is 7.69. The second kappa shape index (κ2) is 5.97. The van der Waals surface area contributed by atoms with Gasteiger partial charge in [0, 0.05) is 6.54 Å². The van der Waals surface area contributed by atoms with Crippen molar-refractivity contribution in [2.45, 2.75) is 33.6 Å². The van der Waals surface area contributed by atoms with Crippen LogP contribution in [0, 0.1) is 5.41 Å². The number of amides is 1. The Labute approximate surface area is 81.3 Å². The number of carbonyl (C=O) groups excluding carboxylic acids is 1. The van der Waals surface area contributed by atoms with Gasteiger partial charge in [-0.25, -0.2) is 0 Å². The molecule has 0 radical (unpaired) electrons. The van der Waals surface area contributed by atoms with Gasteiger partial charge in [-0.15, -0.1) is 0 Å². The van der Waals surface area contributed by atoms with E-state index in [4.69, 9.17) is 0 Å². The van der Waals surface area contributed by atoms with Crippen molar-refractivity contribution in [2.75, 3.05) is 20.1 Å². The molecule has 0 fully saturated rings. The van der Waals surface area contributed by atoms with Crippen molar-refractivity contribution in [2.24, 2.45) is 5.41 Å². The summed E-state index contributed by atoms with van der Waals surface area (Å²) in [6, 6.07) is 0. The SMILES string of the molecule is CCCC(C)(C)CNC(=O)CNC. The van der Waals surface area contributed by atoms with Crippen molar-refractivity contribution < 1.29 is 4.79 Å². The minimum Gasteiger partial charge on any atom is -0.354 e. The van der Waals surface area contributed by atoms with Crippen molar-refractivity contribution >= 4 is 5.91 Å². The molecule has 1 amide bonds. The van der Waals surface area contributed by atoms with E-state index in [1.54, 1.807) is 7.05 Å². The predicted octanol–water partition coefficient (Wildman–Crippen LogP) is 1.15. The molecule has 0 saturated carbocycles. The van der Waals surface area contributed by atoms with Gasteiger partial charge in [-0.3, -0.25) is 4.79 Å². The highest BCUT2D eigenvalue weighted by Crippen LogP contribution is 2.20. The lowest BCUT2D eigenvalue weighted by atomic mass is 9.88. The Morgan fingerprint density at radius 3 is 2.46 bits per heavy atom. The smallest absolute Gasteiger partial charge is 0.233 e. The lowest BCUT2D eigenvalue weighted by Gasteiger charge is -2.24. The van der Waals surface area contributed by atoms with Crippen LogP contribution >= 0.6 is 0 Å². The van der Waals surface area contributed by atoms with Gasteiger partial charge in [0.05, 0.1) is 6.54 Å². The summed E-state index contributed by atoms with van der Waals surface area (Å²) in [5.41, 5.74) is 0.220. The van der Waals surface area contributed by atoms with Gasteiger partial charge in [-0.1, -0.05) is 27.2 Å². The van der Waals surface area contributed by atoms with E-state index in [2.05, 4.69) is 31.4 Å². The fraction of sp³-hybridized carbons (Fsp3) is 0.900. The van der Waals surface area contributed by atoms with Crippen LogP contribution in [-0.4, -0.2) is 26.0 Å². The number of likely N-dealkylation sites (N-methyl/N-ethyl adjacent to an activating group) is 1. The second-order valence-corrected chi connectivity index (χ2v) is 4.22. The van der Waals surface area contributed by atoms with E-state index in [-0.39, 0.29) is 11.3 Å². The lowest BCUT2D eigenvalue weighted by molar-refractivity contribution is -0.120. The lowest BCUT2D eigenvalue weighted by Crippen LogP contribution is -2.38. The summed E-state index contributed by atoms with van der Waals surface area (Å²) in [6.07, 6.45) is 2.31. The van der Waals surface area contributed by atoms with Crippen LogP contribution in [0.15, 0.2) is 0 Å². The summed E-state index contributed by atoms with van der Waals surface area (Å²) >= 11 is 0. The first-order valence-electron chi connectivity index (χ1n) is 4.93. The maximum absolute atomic E-state index is 11.1. The molecule has 0 aliphatic rings. The summed E-state index contributed by atoms with van der Waals surface area (Å²) in [5.74, 6) is 0.0756. The minimum atomic E-state index is 0.0756. The van der Waals surface area contributed by atoms with Crippen LogP contribution < -0.4 is 10.6 Å². The Hall–Kier alpha value is -0.570. The topological polar surface area (TPSA) is 41.1 Å². The average Bonchev–Trinajstić information content (AvgIpc) is 2.02.